The molecule has 0 bridgehead atoms. The van der Waals surface area contributed by atoms with E-state index >= 15 is 0 Å². The van der Waals surface area contributed by atoms with E-state index in [4.69, 9.17) is 10.8 Å². The van der Waals surface area contributed by atoms with Gasteiger partial charge in [0.1, 0.15) is 0 Å². The van der Waals surface area contributed by atoms with Gasteiger partial charge in [0.25, 0.3) is 6.43 Å². The fourth-order valence-electron chi connectivity index (χ4n) is 1.20. The molecule has 1 unspecified atom stereocenters. The summed E-state index contributed by atoms with van der Waals surface area (Å²) >= 11 is 0. The molecule has 0 saturated heterocycles. The first-order chi connectivity index (χ1) is 7.41. The molecule has 0 saturated carbocycles. The number of halogens is 2. The maximum Gasteiger partial charge on any atom is 0.310 e. The average molecular weight is 232 g/mol. The van der Waals surface area contributed by atoms with E-state index in [1.807, 2.05) is 0 Å². The second-order valence-corrected chi connectivity index (χ2v) is 3.28. The Morgan fingerprint density at radius 3 is 2.62 bits per heavy atom. The first-order valence-electron chi connectivity index (χ1n) is 4.42. The molecular weight excluding hydrogens is 222 g/mol. The minimum atomic E-state index is -2.69. The van der Waals surface area contributed by atoms with Crippen molar-refractivity contribution in [1.82, 2.24) is 0 Å². The number of hydrogen-bond acceptors (Lipinski definition) is 4. The van der Waals surface area contributed by atoms with E-state index in [1.165, 1.54) is 6.07 Å². The number of nitro groups is 1. The van der Waals surface area contributed by atoms with Crippen LogP contribution in [0.25, 0.3) is 0 Å². The van der Waals surface area contributed by atoms with Gasteiger partial charge in [-0.15, -0.1) is 0 Å². The van der Waals surface area contributed by atoms with Gasteiger partial charge in [0, 0.05) is 6.07 Å². The molecule has 0 aliphatic heterocycles. The summed E-state index contributed by atoms with van der Waals surface area (Å²) < 4.78 is 24.3. The van der Waals surface area contributed by atoms with Gasteiger partial charge in [0.2, 0.25) is 0 Å². The van der Waals surface area contributed by atoms with E-state index in [1.54, 1.807) is 0 Å². The molecule has 88 valence electrons. The molecule has 1 aromatic carbocycles. The Kier molecular flexibility index (Phi) is 3.73. The lowest BCUT2D eigenvalue weighted by Gasteiger charge is -2.10. The Labute approximate surface area is 89.6 Å². The maximum absolute atomic E-state index is 12.1. The van der Waals surface area contributed by atoms with Gasteiger partial charge in [-0.2, -0.15) is 0 Å². The van der Waals surface area contributed by atoms with E-state index in [-0.39, 0.29) is 12.0 Å². The summed E-state index contributed by atoms with van der Waals surface area (Å²) in [6.45, 7) is 0. The molecule has 1 rings (SSSR count). The van der Waals surface area contributed by atoms with E-state index in [0.717, 1.165) is 12.1 Å². The third-order valence-electron chi connectivity index (χ3n) is 2.03. The second-order valence-electron chi connectivity index (χ2n) is 3.28. The summed E-state index contributed by atoms with van der Waals surface area (Å²) in [5.41, 5.74) is 4.90. The normalized spacial score (nSPS) is 12.8. The summed E-state index contributed by atoms with van der Waals surface area (Å²) in [5.74, 6) is -0.501. The molecule has 0 radical (unpaired) electrons. The fraction of sp³-hybridized carbons (Fsp3) is 0.333. The highest BCUT2D eigenvalue weighted by molar-refractivity contribution is 5.47. The zero-order chi connectivity index (χ0) is 12.3. The highest BCUT2D eigenvalue weighted by Gasteiger charge is 2.19. The predicted molar refractivity (Wildman–Crippen MR) is 52.4 cm³/mol. The van der Waals surface area contributed by atoms with Gasteiger partial charge in [-0.05, 0) is 18.1 Å². The minimum Gasteiger partial charge on any atom is -0.502 e. The van der Waals surface area contributed by atoms with Crippen LogP contribution in [-0.2, 0) is 6.42 Å². The number of hydrogen-bond donors (Lipinski definition) is 2. The average Bonchev–Trinajstić information content (AvgIpc) is 2.20. The molecule has 5 nitrogen and oxygen atoms in total. The van der Waals surface area contributed by atoms with Gasteiger partial charge in [0.15, 0.2) is 5.75 Å². The second kappa shape index (κ2) is 4.84. The zero-order valence-electron chi connectivity index (χ0n) is 8.14. The van der Waals surface area contributed by atoms with Crippen LogP contribution in [0.2, 0.25) is 0 Å². The van der Waals surface area contributed by atoms with Crippen LogP contribution in [0.1, 0.15) is 5.56 Å². The monoisotopic (exact) mass is 232 g/mol. The Balaban J connectivity index is 2.91. The lowest BCUT2D eigenvalue weighted by Crippen LogP contribution is -2.30. The first kappa shape index (κ1) is 12.3. The van der Waals surface area contributed by atoms with E-state index in [2.05, 4.69) is 0 Å². The molecule has 0 aliphatic rings. The molecule has 1 aromatic rings. The van der Waals surface area contributed by atoms with Crippen molar-refractivity contribution >= 4 is 5.69 Å². The molecule has 0 fully saturated rings. The van der Waals surface area contributed by atoms with E-state index < -0.39 is 28.8 Å². The summed E-state index contributed by atoms with van der Waals surface area (Å²) in [4.78, 5) is 9.67. The van der Waals surface area contributed by atoms with Crippen LogP contribution in [0.3, 0.4) is 0 Å². The lowest BCUT2D eigenvalue weighted by atomic mass is 10.1. The molecule has 16 heavy (non-hydrogen) atoms. The Hall–Kier alpha value is -1.76. The van der Waals surface area contributed by atoms with Crippen molar-refractivity contribution in [1.29, 1.82) is 0 Å². The van der Waals surface area contributed by atoms with E-state index in [9.17, 15) is 18.9 Å². The number of benzene rings is 1. The Morgan fingerprint density at radius 1 is 1.50 bits per heavy atom. The molecule has 0 heterocycles. The van der Waals surface area contributed by atoms with Crippen molar-refractivity contribution in [2.45, 2.75) is 18.9 Å². The molecule has 0 amide bonds. The SMILES string of the molecule is NC(Cc1ccc(O)c([N+](=O)[O-])c1)C(F)F. The van der Waals surface area contributed by atoms with Gasteiger partial charge in [-0.1, -0.05) is 6.07 Å². The molecule has 3 N–H and O–H groups in total. The third kappa shape index (κ3) is 2.86. The highest BCUT2D eigenvalue weighted by Crippen LogP contribution is 2.26. The van der Waals surface area contributed by atoms with Crippen LogP contribution in [0.4, 0.5) is 14.5 Å². The number of alkyl halides is 2. The quantitative estimate of drug-likeness (QED) is 0.607. The molecule has 0 aliphatic carbocycles. The Bertz CT molecular complexity index is 398. The van der Waals surface area contributed by atoms with Crippen LogP contribution in [0.15, 0.2) is 18.2 Å². The van der Waals surface area contributed by atoms with Crippen LogP contribution in [0, 0.1) is 10.1 Å². The van der Waals surface area contributed by atoms with E-state index in [0.29, 0.717) is 0 Å². The van der Waals surface area contributed by atoms with Gasteiger partial charge in [-0.3, -0.25) is 10.1 Å². The van der Waals surface area contributed by atoms with Crippen LogP contribution >= 0.6 is 0 Å². The summed E-state index contributed by atoms with van der Waals surface area (Å²) in [6.07, 6.45) is -2.87. The summed E-state index contributed by atoms with van der Waals surface area (Å²) in [5, 5.41) is 19.6. The van der Waals surface area contributed by atoms with Crippen molar-refractivity contribution in [2.24, 2.45) is 5.73 Å². The van der Waals surface area contributed by atoms with Crippen molar-refractivity contribution in [3.8, 4) is 5.75 Å². The number of phenols is 1. The maximum atomic E-state index is 12.1. The number of phenolic OH excluding ortho intramolecular Hbond substituents is 1. The van der Waals surface area contributed by atoms with Crippen LogP contribution in [-0.4, -0.2) is 22.5 Å². The number of nitrogens with two attached hydrogens (primary N) is 1. The van der Waals surface area contributed by atoms with Crippen molar-refractivity contribution in [3.05, 3.63) is 33.9 Å². The van der Waals surface area contributed by atoms with Crippen LogP contribution in [0.5, 0.6) is 5.75 Å². The number of aromatic hydroxyl groups is 1. The van der Waals surface area contributed by atoms with Crippen molar-refractivity contribution in [2.75, 3.05) is 0 Å². The lowest BCUT2D eigenvalue weighted by molar-refractivity contribution is -0.385. The molecular formula is C9H10F2N2O3. The first-order valence-corrected chi connectivity index (χ1v) is 4.42. The summed E-state index contributed by atoms with van der Waals surface area (Å²) in [7, 11) is 0. The predicted octanol–water partition coefficient (Wildman–Crippen LogP) is 1.44. The molecule has 7 heteroatoms. The van der Waals surface area contributed by atoms with Crippen molar-refractivity contribution in [3.63, 3.8) is 0 Å². The Morgan fingerprint density at radius 2 is 2.12 bits per heavy atom. The van der Waals surface area contributed by atoms with Gasteiger partial charge in [-0.25, -0.2) is 8.78 Å². The molecule has 0 spiro atoms. The highest BCUT2D eigenvalue weighted by atomic mass is 19.3. The third-order valence-corrected chi connectivity index (χ3v) is 2.03. The minimum absolute atomic E-state index is 0.182. The number of nitro benzene ring substituents is 1. The van der Waals surface area contributed by atoms with Gasteiger partial charge >= 0.3 is 5.69 Å². The topological polar surface area (TPSA) is 89.4 Å². The molecule has 0 aromatic heterocycles. The summed E-state index contributed by atoms with van der Waals surface area (Å²) in [6, 6.07) is 2.08. The van der Waals surface area contributed by atoms with Gasteiger partial charge < -0.3 is 10.8 Å². The van der Waals surface area contributed by atoms with Crippen LogP contribution < -0.4 is 5.73 Å². The number of nitrogens with zero attached hydrogens (tertiary/aromatic N) is 1. The smallest absolute Gasteiger partial charge is 0.310 e. The fourth-order valence-corrected chi connectivity index (χ4v) is 1.20. The zero-order valence-corrected chi connectivity index (χ0v) is 8.14. The molecule has 1 atom stereocenters. The standard InChI is InChI=1S/C9H10F2N2O3/c10-9(11)6(12)3-5-1-2-8(14)7(4-5)13(15)16/h1-2,4,6,9,14H,3,12H2. The van der Waals surface area contributed by atoms with Crippen molar-refractivity contribution < 1.29 is 18.8 Å². The largest absolute Gasteiger partial charge is 0.502 e. The number of rotatable bonds is 4. The van der Waals surface area contributed by atoms with Gasteiger partial charge in [0.05, 0.1) is 11.0 Å².